The van der Waals surface area contributed by atoms with Crippen LogP contribution in [0.2, 0.25) is 0 Å². The van der Waals surface area contributed by atoms with E-state index in [2.05, 4.69) is 30.7 Å². The molecule has 2 rings (SSSR count). The van der Waals surface area contributed by atoms with Gasteiger partial charge in [0.15, 0.2) is 0 Å². The van der Waals surface area contributed by atoms with E-state index < -0.39 is 0 Å². The Morgan fingerprint density at radius 3 is 2.50 bits per heavy atom. The maximum absolute atomic E-state index is 11.0. The first-order valence-corrected chi connectivity index (χ1v) is 6.34. The molecule has 0 saturated carbocycles. The number of hydrogen-bond donors (Lipinski definition) is 0. The maximum Gasteiger partial charge on any atom is 0.310 e. The molecule has 0 radical (unpaired) electrons. The van der Waals surface area contributed by atoms with Crippen LogP contribution in [0.3, 0.4) is 0 Å². The Morgan fingerprint density at radius 1 is 1.33 bits per heavy atom. The number of aromatic nitrogens is 1. The van der Waals surface area contributed by atoms with E-state index in [0.29, 0.717) is 23.4 Å². The number of rotatable bonds is 2. The summed E-state index contributed by atoms with van der Waals surface area (Å²) >= 11 is 0. The average molecular weight is 249 g/mol. The molecule has 1 aliphatic heterocycles. The van der Waals surface area contributed by atoms with Crippen LogP contribution in [-0.2, 0) is 0 Å². The van der Waals surface area contributed by atoms with Gasteiger partial charge in [-0.1, -0.05) is 20.8 Å². The second kappa shape index (κ2) is 4.92. The second-order valence-corrected chi connectivity index (χ2v) is 5.34. The van der Waals surface area contributed by atoms with Crippen LogP contribution < -0.4 is 4.90 Å². The number of hydrogen-bond acceptors (Lipinski definition) is 4. The lowest BCUT2D eigenvalue weighted by molar-refractivity contribution is -0.384. The van der Waals surface area contributed by atoms with Crippen molar-refractivity contribution in [1.82, 2.24) is 4.98 Å². The minimum Gasteiger partial charge on any atom is -0.365 e. The van der Waals surface area contributed by atoms with Gasteiger partial charge in [-0.15, -0.1) is 0 Å². The van der Waals surface area contributed by atoms with Crippen molar-refractivity contribution >= 4 is 11.4 Å². The third-order valence-corrected chi connectivity index (χ3v) is 4.13. The van der Waals surface area contributed by atoms with Crippen molar-refractivity contribution in [1.29, 1.82) is 0 Å². The maximum atomic E-state index is 11.0. The summed E-state index contributed by atoms with van der Waals surface area (Å²) in [6.45, 7) is 8.42. The molecule has 98 valence electrons. The first-order valence-electron chi connectivity index (χ1n) is 6.34. The van der Waals surface area contributed by atoms with Crippen LogP contribution in [0.1, 0.15) is 20.8 Å². The number of nitrogens with zero attached hydrogens (tertiary/aromatic N) is 3. The first kappa shape index (κ1) is 12.8. The predicted molar refractivity (Wildman–Crippen MR) is 70.6 cm³/mol. The number of pyridine rings is 1. The van der Waals surface area contributed by atoms with Crippen LogP contribution in [0.25, 0.3) is 0 Å². The molecule has 0 amide bonds. The average Bonchev–Trinajstić information content (AvgIpc) is 2.35. The predicted octanol–water partition coefficient (Wildman–Crippen LogP) is 2.72. The molecular formula is C13H19N3O2. The number of nitro groups is 1. The molecule has 1 aromatic heterocycles. The smallest absolute Gasteiger partial charge is 0.310 e. The Balaban J connectivity index is 2.30. The topological polar surface area (TPSA) is 59.3 Å². The second-order valence-electron chi connectivity index (χ2n) is 5.34. The molecule has 18 heavy (non-hydrogen) atoms. The summed E-state index contributed by atoms with van der Waals surface area (Å²) in [5.74, 6) is 1.74. The summed E-state index contributed by atoms with van der Waals surface area (Å²) in [5.41, 5.74) is 0.798. The van der Waals surface area contributed by atoms with Crippen molar-refractivity contribution in [3.63, 3.8) is 0 Å². The van der Waals surface area contributed by atoms with Gasteiger partial charge in [-0.2, -0.15) is 0 Å². The molecule has 1 aliphatic rings. The monoisotopic (exact) mass is 249 g/mol. The van der Waals surface area contributed by atoms with Gasteiger partial charge in [-0.3, -0.25) is 15.1 Å². The summed E-state index contributed by atoms with van der Waals surface area (Å²) in [7, 11) is 0. The van der Waals surface area contributed by atoms with Gasteiger partial charge < -0.3 is 4.90 Å². The molecule has 1 saturated heterocycles. The van der Waals surface area contributed by atoms with Crippen molar-refractivity contribution in [3.8, 4) is 0 Å². The van der Waals surface area contributed by atoms with Crippen LogP contribution in [0.4, 0.5) is 11.4 Å². The van der Waals surface area contributed by atoms with Crippen molar-refractivity contribution in [2.45, 2.75) is 20.8 Å². The van der Waals surface area contributed by atoms with Crippen LogP contribution in [0.15, 0.2) is 18.5 Å². The largest absolute Gasteiger partial charge is 0.365 e. The van der Waals surface area contributed by atoms with Crippen LogP contribution >= 0.6 is 0 Å². The minimum atomic E-state index is -0.351. The Kier molecular flexibility index (Phi) is 3.50. The SMILES string of the molecule is CC1[C@H](C)CN(c2ccncc2[N+](=O)[O-])C[C@@H]1C. The molecule has 5 heteroatoms. The van der Waals surface area contributed by atoms with Crippen LogP contribution in [0, 0.1) is 27.9 Å². The van der Waals surface area contributed by atoms with Gasteiger partial charge >= 0.3 is 5.69 Å². The highest BCUT2D eigenvalue weighted by Crippen LogP contribution is 2.34. The highest BCUT2D eigenvalue weighted by Gasteiger charge is 2.31. The van der Waals surface area contributed by atoms with E-state index in [1.807, 2.05) is 0 Å². The summed E-state index contributed by atoms with van der Waals surface area (Å²) in [6.07, 6.45) is 2.96. The lowest BCUT2D eigenvalue weighted by Crippen LogP contribution is -2.43. The van der Waals surface area contributed by atoms with Crippen LogP contribution in [0.5, 0.6) is 0 Å². The molecule has 0 aliphatic carbocycles. The molecule has 2 heterocycles. The fraction of sp³-hybridized carbons (Fsp3) is 0.615. The number of anilines is 1. The van der Waals surface area contributed by atoms with E-state index >= 15 is 0 Å². The van der Waals surface area contributed by atoms with Gasteiger partial charge in [-0.25, -0.2) is 0 Å². The van der Waals surface area contributed by atoms with E-state index in [-0.39, 0.29) is 10.6 Å². The molecule has 1 aromatic rings. The number of piperidine rings is 1. The standard InChI is InChI=1S/C13H19N3O2/c1-9-7-15(8-10(2)11(9)3)12-4-5-14-6-13(12)16(17)18/h4-6,9-11H,7-8H2,1-3H3/t9-,10+,11?. The van der Waals surface area contributed by atoms with Gasteiger partial charge in [0.25, 0.3) is 0 Å². The Bertz CT molecular complexity index is 438. The fourth-order valence-electron chi connectivity index (χ4n) is 2.65. The Hall–Kier alpha value is -1.65. The molecule has 0 aromatic carbocycles. The third kappa shape index (κ3) is 2.30. The molecule has 0 bridgehead atoms. The zero-order chi connectivity index (χ0) is 13.3. The zero-order valence-electron chi connectivity index (χ0n) is 11.0. The summed E-state index contributed by atoms with van der Waals surface area (Å²) < 4.78 is 0. The quantitative estimate of drug-likeness (QED) is 0.597. The van der Waals surface area contributed by atoms with Crippen molar-refractivity contribution < 1.29 is 4.92 Å². The lowest BCUT2D eigenvalue weighted by Gasteiger charge is -2.40. The minimum absolute atomic E-state index is 0.103. The molecular weight excluding hydrogens is 230 g/mol. The van der Waals surface area contributed by atoms with Crippen molar-refractivity contribution in [2.75, 3.05) is 18.0 Å². The third-order valence-electron chi connectivity index (χ3n) is 4.13. The van der Waals surface area contributed by atoms with Gasteiger partial charge in [0.05, 0.1) is 4.92 Å². The summed E-state index contributed by atoms with van der Waals surface area (Å²) in [5, 5.41) is 11.0. The molecule has 0 spiro atoms. The van der Waals surface area contributed by atoms with Gasteiger partial charge in [0.1, 0.15) is 11.9 Å². The highest BCUT2D eigenvalue weighted by atomic mass is 16.6. The van der Waals surface area contributed by atoms with E-state index in [1.54, 1.807) is 12.3 Å². The molecule has 1 fully saturated rings. The van der Waals surface area contributed by atoms with Crippen molar-refractivity contribution in [3.05, 3.63) is 28.6 Å². The van der Waals surface area contributed by atoms with E-state index in [0.717, 1.165) is 13.1 Å². The summed E-state index contributed by atoms with van der Waals surface area (Å²) in [6, 6.07) is 1.74. The fourth-order valence-corrected chi connectivity index (χ4v) is 2.65. The molecule has 1 unspecified atom stereocenters. The molecule has 0 N–H and O–H groups in total. The highest BCUT2D eigenvalue weighted by molar-refractivity contribution is 5.61. The zero-order valence-corrected chi connectivity index (χ0v) is 11.0. The molecule has 3 atom stereocenters. The van der Waals surface area contributed by atoms with Gasteiger partial charge in [0.2, 0.25) is 0 Å². The molecule has 5 nitrogen and oxygen atoms in total. The van der Waals surface area contributed by atoms with E-state index in [4.69, 9.17) is 0 Å². The van der Waals surface area contributed by atoms with Gasteiger partial charge in [0, 0.05) is 19.3 Å². The first-order chi connectivity index (χ1) is 8.50. The van der Waals surface area contributed by atoms with E-state index in [9.17, 15) is 10.1 Å². The van der Waals surface area contributed by atoms with Crippen molar-refractivity contribution in [2.24, 2.45) is 17.8 Å². The van der Waals surface area contributed by atoms with Crippen LogP contribution in [-0.4, -0.2) is 23.0 Å². The van der Waals surface area contributed by atoms with Gasteiger partial charge in [-0.05, 0) is 23.8 Å². The summed E-state index contributed by atoms with van der Waals surface area (Å²) in [4.78, 5) is 16.6. The lowest BCUT2D eigenvalue weighted by atomic mass is 9.81. The normalized spacial score (nSPS) is 28.2. The Morgan fingerprint density at radius 2 is 1.94 bits per heavy atom. The van der Waals surface area contributed by atoms with E-state index in [1.165, 1.54) is 6.20 Å². The Labute approximate surface area is 107 Å².